The smallest absolute Gasteiger partial charge is 0.337 e. The van der Waals surface area contributed by atoms with Crippen LogP contribution in [0.25, 0.3) is 0 Å². The summed E-state index contributed by atoms with van der Waals surface area (Å²) in [5.41, 5.74) is 0.233. The Balaban J connectivity index is 2.11. The molecule has 0 aliphatic heterocycles. The minimum absolute atomic E-state index is 0.233. The zero-order valence-electron chi connectivity index (χ0n) is 9.55. The second-order valence-electron chi connectivity index (χ2n) is 4.40. The molecule has 1 atom stereocenters. The number of rotatable bonds is 4. The fraction of sp³-hybridized carbons (Fsp3) is 0.500. The summed E-state index contributed by atoms with van der Waals surface area (Å²) in [6.45, 7) is 2.18. The van der Waals surface area contributed by atoms with Crippen LogP contribution in [-0.4, -0.2) is 29.1 Å². The van der Waals surface area contributed by atoms with Crippen LogP contribution >= 0.6 is 0 Å². The second kappa shape index (κ2) is 4.12. The molecule has 0 aromatic carbocycles. The molecule has 0 saturated heterocycles. The largest absolute Gasteiger partial charge is 0.478 e. The molecule has 1 aromatic heterocycles. The van der Waals surface area contributed by atoms with Crippen molar-refractivity contribution in [2.24, 2.45) is 5.92 Å². The van der Waals surface area contributed by atoms with Crippen molar-refractivity contribution in [3.8, 4) is 0 Å². The Hall–Kier alpha value is -1.58. The summed E-state index contributed by atoms with van der Waals surface area (Å²) in [6.07, 6.45) is 3.99. The third-order valence-electron chi connectivity index (χ3n) is 3.27. The van der Waals surface area contributed by atoms with Gasteiger partial charge < -0.3 is 10.0 Å². The molecule has 86 valence electrons. The number of anilines is 1. The molecule has 0 amide bonds. The van der Waals surface area contributed by atoms with Crippen molar-refractivity contribution in [2.75, 3.05) is 11.9 Å². The Kier molecular flexibility index (Phi) is 2.81. The minimum atomic E-state index is -0.933. The van der Waals surface area contributed by atoms with E-state index in [1.807, 2.05) is 7.05 Å². The number of carboxylic acid groups (broad SMARTS) is 1. The van der Waals surface area contributed by atoms with E-state index in [-0.39, 0.29) is 5.56 Å². The van der Waals surface area contributed by atoms with Gasteiger partial charge in [-0.25, -0.2) is 9.78 Å². The van der Waals surface area contributed by atoms with E-state index in [1.54, 1.807) is 12.1 Å². The topological polar surface area (TPSA) is 53.4 Å². The van der Waals surface area contributed by atoms with Crippen molar-refractivity contribution in [1.82, 2.24) is 4.98 Å². The van der Waals surface area contributed by atoms with Gasteiger partial charge in [0, 0.05) is 19.3 Å². The van der Waals surface area contributed by atoms with Crippen LogP contribution in [0.1, 0.15) is 30.1 Å². The first-order valence-electron chi connectivity index (χ1n) is 5.52. The van der Waals surface area contributed by atoms with Gasteiger partial charge in [0.15, 0.2) is 0 Å². The van der Waals surface area contributed by atoms with Crippen LogP contribution in [-0.2, 0) is 0 Å². The van der Waals surface area contributed by atoms with Crippen LogP contribution in [0, 0.1) is 5.92 Å². The number of nitrogens with zero attached hydrogens (tertiary/aromatic N) is 2. The van der Waals surface area contributed by atoms with E-state index >= 15 is 0 Å². The molecule has 1 heterocycles. The normalized spacial score (nSPS) is 16.9. The van der Waals surface area contributed by atoms with E-state index in [0.29, 0.717) is 6.04 Å². The molecule has 1 fully saturated rings. The predicted molar refractivity (Wildman–Crippen MR) is 61.8 cm³/mol. The van der Waals surface area contributed by atoms with Gasteiger partial charge in [-0.3, -0.25) is 0 Å². The summed E-state index contributed by atoms with van der Waals surface area (Å²) >= 11 is 0. The van der Waals surface area contributed by atoms with Crippen molar-refractivity contribution < 1.29 is 9.90 Å². The van der Waals surface area contributed by atoms with Gasteiger partial charge in [-0.1, -0.05) is 0 Å². The van der Waals surface area contributed by atoms with Gasteiger partial charge in [-0.05, 0) is 37.8 Å². The number of hydrogen-bond donors (Lipinski definition) is 1. The highest BCUT2D eigenvalue weighted by Crippen LogP contribution is 2.35. The molecule has 1 unspecified atom stereocenters. The first-order chi connectivity index (χ1) is 7.59. The molecule has 1 N–H and O–H groups in total. The van der Waals surface area contributed by atoms with Crippen molar-refractivity contribution in [2.45, 2.75) is 25.8 Å². The highest BCUT2D eigenvalue weighted by Gasteiger charge is 2.30. The summed E-state index contributed by atoms with van der Waals surface area (Å²) in [5.74, 6) is 0.673. The van der Waals surface area contributed by atoms with E-state index in [1.165, 1.54) is 19.0 Å². The number of carbonyl (C=O) groups is 1. The summed E-state index contributed by atoms with van der Waals surface area (Å²) in [4.78, 5) is 17.0. The van der Waals surface area contributed by atoms with E-state index in [4.69, 9.17) is 5.11 Å². The SMILES string of the molecule is CC(C1CC1)N(C)c1ccc(C(=O)O)cn1. The van der Waals surface area contributed by atoms with Crippen molar-refractivity contribution in [3.05, 3.63) is 23.9 Å². The summed E-state index contributed by atoms with van der Waals surface area (Å²) < 4.78 is 0. The number of aromatic nitrogens is 1. The number of pyridine rings is 1. The van der Waals surface area contributed by atoms with Crippen molar-refractivity contribution >= 4 is 11.8 Å². The predicted octanol–water partition coefficient (Wildman–Crippen LogP) is 2.01. The highest BCUT2D eigenvalue weighted by atomic mass is 16.4. The lowest BCUT2D eigenvalue weighted by Gasteiger charge is -2.25. The Labute approximate surface area is 94.9 Å². The zero-order valence-corrected chi connectivity index (χ0v) is 9.55. The molecule has 0 bridgehead atoms. The van der Waals surface area contributed by atoms with E-state index in [0.717, 1.165) is 11.7 Å². The molecule has 1 aromatic rings. The summed E-state index contributed by atoms with van der Waals surface area (Å²) in [5, 5.41) is 8.77. The quantitative estimate of drug-likeness (QED) is 0.843. The molecule has 1 aliphatic carbocycles. The molecule has 2 rings (SSSR count). The molecular weight excluding hydrogens is 204 g/mol. The molecule has 1 aliphatic rings. The maximum Gasteiger partial charge on any atom is 0.337 e. The first-order valence-corrected chi connectivity index (χ1v) is 5.52. The zero-order chi connectivity index (χ0) is 11.7. The monoisotopic (exact) mass is 220 g/mol. The van der Waals surface area contributed by atoms with Gasteiger partial charge in [-0.15, -0.1) is 0 Å². The second-order valence-corrected chi connectivity index (χ2v) is 4.40. The van der Waals surface area contributed by atoms with Gasteiger partial charge in [0.05, 0.1) is 5.56 Å². The van der Waals surface area contributed by atoms with E-state index < -0.39 is 5.97 Å². The Bertz CT molecular complexity index is 385. The van der Waals surface area contributed by atoms with Gasteiger partial charge in [0.2, 0.25) is 0 Å². The number of aromatic carboxylic acids is 1. The van der Waals surface area contributed by atoms with Crippen LogP contribution in [0.2, 0.25) is 0 Å². The standard InChI is InChI=1S/C12H16N2O2/c1-8(9-3-4-9)14(2)11-6-5-10(7-13-11)12(15)16/h5-9H,3-4H2,1-2H3,(H,15,16). The summed E-state index contributed by atoms with van der Waals surface area (Å²) in [6, 6.07) is 3.84. The van der Waals surface area contributed by atoms with E-state index in [9.17, 15) is 4.79 Å². The third kappa shape index (κ3) is 2.15. The lowest BCUT2D eigenvalue weighted by molar-refractivity contribution is 0.0696. The van der Waals surface area contributed by atoms with Crippen LogP contribution in [0.5, 0.6) is 0 Å². The summed E-state index contributed by atoms with van der Waals surface area (Å²) in [7, 11) is 2.01. The first kappa shape index (κ1) is 10.9. The van der Waals surface area contributed by atoms with Gasteiger partial charge >= 0.3 is 5.97 Å². The fourth-order valence-corrected chi connectivity index (χ4v) is 1.82. The van der Waals surface area contributed by atoms with Crippen LogP contribution < -0.4 is 4.90 Å². The number of carboxylic acids is 1. The molecule has 16 heavy (non-hydrogen) atoms. The van der Waals surface area contributed by atoms with Crippen molar-refractivity contribution in [3.63, 3.8) is 0 Å². The lowest BCUT2D eigenvalue weighted by Crippen LogP contribution is -2.31. The van der Waals surface area contributed by atoms with Crippen molar-refractivity contribution in [1.29, 1.82) is 0 Å². The van der Waals surface area contributed by atoms with Crippen LogP contribution in [0.4, 0.5) is 5.82 Å². The van der Waals surface area contributed by atoms with Crippen LogP contribution in [0.3, 0.4) is 0 Å². The van der Waals surface area contributed by atoms with E-state index in [2.05, 4.69) is 16.8 Å². The fourth-order valence-electron chi connectivity index (χ4n) is 1.82. The maximum absolute atomic E-state index is 10.7. The number of hydrogen-bond acceptors (Lipinski definition) is 3. The lowest BCUT2D eigenvalue weighted by atomic mass is 10.2. The van der Waals surface area contributed by atoms with Crippen LogP contribution in [0.15, 0.2) is 18.3 Å². The molecule has 0 radical (unpaired) electrons. The third-order valence-corrected chi connectivity index (χ3v) is 3.27. The molecule has 4 heteroatoms. The molecule has 0 spiro atoms. The Morgan fingerprint density at radius 1 is 1.56 bits per heavy atom. The Morgan fingerprint density at radius 2 is 2.25 bits per heavy atom. The molecular formula is C12H16N2O2. The molecule has 4 nitrogen and oxygen atoms in total. The van der Waals surface area contributed by atoms with Gasteiger partial charge in [0.1, 0.15) is 5.82 Å². The molecule has 1 saturated carbocycles. The average Bonchev–Trinajstić information content (AvgIpc) is 3.11. The average molecular weight is 220 g/mol. The Morgan fingerprint density at radius 3 is 2.69 bits per heavy atom. The maximum atomic E-state index is 10.7. The van der Waals surface area contributed by atoms with Gasteiger partial charge in [-0.2, -0.15) is 0 Å². The minimum Gasteiger partial charge on any atom is -0.478 e. The van der Waals surface area contributed by atoms with Gasteiger partial charge in [0.25, 0.3) is 0 Å². The highest BCUT2D eigenvalue weighted by molar-refractivity contribution is 5.87.